The van der Waals surface area contributed by atoms with E-state index in [1.54, 1.807) is 12.1 Å². The van der Waals surface area contributed by atoms with Gasteiger partial charge in [0.2, 0.25) is 5.91 Å². The molecule has 20 heavy (non-hydrogen) atoms. The number of aliphatic hydroxyl groups excluding tert-OH is 1. The fourth-order valence-corrected chi connectivity index (χ4v) is 2.70. The Morgan fingerprint density at radius 3 is 2.90 bits per heavy atom. The lowest BCUT2D eigenvalue weighted by atomic mass is 9.92. The van der Waals surface area contributed by atoms with E-state index in [1.807, 2.05) is 0 Å². The highest BCUT2D eigenvalue weighted by atomic mass is 79.9. The second-order valence-electron chi connectivity index (χ2n) is 4.97. The molecule has 1 aliphatic carbocycles. The van der Waals surface area contributed by atoms with Gasteiger partial charge in [-0.25, -0.2) is 4.39 Å². The van der Waals surface area contributed by atoms with Crippen molar-refractivity contribution in [2.45, 2.75) is 37.8 Å². The van der Waals surface area contributed by atoms with E-state index < -0.39 is 6.10 Å². The van der Waals surface area contributed by atoms with Gasteiger partial charge in [0.15, 0.2) is 0 Å². The molecule has 2 N–H and O–H groups in total. The molecule has 1 fully saturated rings. The summed E-state index contributed by atoms with van der Waals surface area (Å²) < 4.78 is 14.2. The Morgan fingerprint density at radius 1 is 1.40 bits per heavy atom. The van der Waals surface area contributed by atoms with Crippen LogP contribution in [-0.2, 0) is 4.79 Å². The first-order valence-corrected chi connectivity index (χ1v) is 7.47. The van der Waals surface area contributed by atoms with Crippen LogP contribution in [0.15, 0.2) is 28.7 Å². The van der Waals surface area contributed by atoms with E-state index in [1.165, 1.54) is 18.2 Å². The SMILES string of the molecule is O=C(/C=C/c1cc(Br)ccc1F)N[C@@H]1CCCC[C@H]1O. The van der Waals surface area contributed by atoms with Gasteiger partial charge in [-0.1, -0.05) is 28.8 Å². The highest BCUT2D eigenvalue weighted by Crippen LogP contribution is 2.19. The average molecular weight is 342 g/mol. The first kappa shape index (κ1) is 15.2. The number of nitrogens with one attached hydrogen (secondary N) is 1. The Morgan fingerprint density at radius 2 is 2.15 bits per heavy atom. The van der Waals surface area contributed by atoms with Crippen LogP contribution >= 0.6 is 15.9 Å². The molecule has 1 aliphatic rings. The predicted molar refractivity (Wildman–Crippen MR) is 79.5 cm³/mol. The van der Waals surface area contributed by atoms with Crippen LogP contribution in [0, 0.1) is 5.82 Å². The highest BCUT2D eigenvalue weighted by molar-refractivity contribution is 9.10. The first-order chi connectivity index (χ1) is 9.56. The Kier molecular flexibility index (Phi) is 5.31. The van der Waals surface area contributed by atoms with Crippen molar-refractivity contribution >= 4 is 27.9 Å². The normalized spacial score (nSPS) is 22.9. The summed E-state index contributed by atoms with van der Waals surface area (Å²) in [5.74, 6) is -0.690. The largest absolute Gasteiger partial charge is 0.391 e. The second-order valence-corrected chi connectivity index (χ2v) is 5.88. The zero-order valence-corrected chi connectivity index (χ0v) is 12.6. The molecule has 0 spiro atoms. The maximum absolute atomic E-state index is 13.5. The molecule has 0 heterocycles. The lowest BCUT2D eigenvalue weighted by Gasteiger charge is -2.27. The quantitative estimate of drug-likeness (QED) is 0.830. The topological polar surface area (TPSA) is 49.3 Å². The maximum Gasteiger partial charge on any atom is 0.244 e. The minimum absolute atomic E-state index is 0.201. The Labute approximate surface area is 126 Å². The molecule has 0 saturated heterocycles. The van der Waals surface area contributed by atoms with E-state index in [0.717, 1.165) is 30.2 Å². The van der Waals surface area contributed by atoms with Crippen LogP contribution in [0.25, 0.3) is 6.08 Å². The van der Waals surface area contributed by atoms with E-state index in [2.05, 4.69) is 21.2 Å². The minimum Gasteiger partial charge on any atom is -0.391 e. The summed E-state index contributed by atoms with van der Waals surface area (Å²) in [6.07, 6.45) is 5.75. The number of hydrogen-bond acceptors (Lipinski definition) is 2. The lowest BCUT2D eigenvalue weighted by molar-refractivity contribution is -0.118. The molecule has 1 aromatic carbocycles. The van der Waals surface area contributed by atoms with Crippen LogP contribution < -0.4 is 5.32 Å². The summed E-state index contributed by atoms with van der Waals surface area (Å²) in [5.41, 5.74) is 0.346. The van der Waals surface area contributed by atoms with Crippen molar-refractivity contribution in [3.8, 4) is 0 Å². The first-order valence-electron chi connectivity index (χ1n) is 6.68. The van der Waals surface area contributed by atoms with Crippen molar-refractivity contribution in [1.82, 2.24) is 5.32 Å². The number of halogens is 2. The predicted octanol–water partition coefficient (Wildman–Crippen LogP) is 3.02. The van der Waals surface area contributed by atoms with Gasteiger partial charge >= 0.3 is 0 Å². The van der Waals surface area contributed by atoms with Crippen molar-refractivity contribution in [3.05, 3.63) is 40.1 Å². The van der Waals surface area contributed by atoms with Crippen LogP contribution in [-0.4, -0.2) is 23.2 Å². The molecule has 2 rings (SSSR count). The summed E-state index contributed by atoms with van der Waals surface area (Å²) >= 11 is 3.26. The number of amides is 1. The summed E-state index contributed by atoms with van der Waals surface area (Å²) in [6, 6.07) is 4.35. The molecular formula is C15H17BrFNO2. The molecular weight excluding hydrogens is 325 g/mol. The zero-order chi connectivity index (χ0) is 14.5. The lowest BCUT2D eigenvalue weighted by Crippen LogP contribution is -2.44. The highest BCUT2D eigenvalue weighted by Gasteiger charge is 2.23. The Bertz CT molecular complexity index is 519. The number of hydrogen-bond donors (Lipinski definition) is 2. The van der Waals surface area contributed by atoms with Gasteiger partial charge in [0.05, 0.1) is 12.1 Å². The number of rotatable bonds is 3. The van der Waals surface area contributed by atoms with Crippen LogP contribution in [0.4, 0.5) is 4.39 Å². The fourth-order valence-electron chi connectivity index (χ4n) is 2.32. The third kappa shape index (κ3) is 4.15. The van der Waals surface area contributed by atoms with Crippen molar-refractivity contribution in [2.24, 2.45) is 0 Å². The molecule has 0 radical (unpaired) electrons. The average Bonchev–Trinajstić information content (AvgIpc) is 2.42. The van der Waals surface area contributed by atoms with E-state index in [-0.39, 0.29) is 17.8 Å². The molecule has 1 amide bonds. The molecule has 0 bridgehead atoms. The summed E-state index contributed by atoms with van der Waals surface area (Å²) in [7, 11) is 0. The molecule has 2 atom stereocenters. The number of carbonyl (C=O) groups excluding carboxylic acids is 1. The van der Waals surface area contributed by atoms with E-state index >= 15 is 0 Å². The molecule has 0 aromatic heterocycles. The van der Waals surface area contributed by atoms with Crippen LogP contribution in [0.2, 0.25) is 0 Å². The molecule has 0 aliphatic heterocycles. The summed E-state index contributed by atoms with van der Waals surface area (Å²) in [6.45, 7) is 0. The number of aliphatic hydroxyl groups is 1. The third-order valence-electron chi connectivity index (χ3n) is 3.43. The van der Waals surface area contributed by atoms with Crippen molar-refractivity contribution in [1.29, 1.82) is 0 Å². The van der Waals surface area contributed by atoms with Gasteiger partial charge in [0, 0.05) is 16.1 Å². The summed E-state index contributed by atoms with van der Waals surface area (Å²) in [5, 5.41) is 12.5. The number of carbonyl (C=O) groups is 1. The van der Waals surface area contributed by atoms with Gasteiger partial charge in [-0.15, -0.1) is 0 Å². The van der Waals surface area contributed by atoms with Crippen LogP contribution in [0.3, 0.4) is 0 Å². The molecule has 3 nitrogen and oxygen atoms in total. The van der Waals surface area contributed by atoms with E-state index in [9.17, 15) is 14.3 Å². The monoisotopic (exact) mass is 341 g/mol. The van der Waals surface area contributed by atoms with Gasteiger partial charge in [0.25, 0.3) is 0 Å². The number of benzene rings is 1. The fraction of sp³-hybridized carbons (Fsp3) is 0.400. The standard InChI is InChI=1S/C15H17BrFNO2/c16-11-6-7-12(17)10(9-11)5-8-15(20)18-13-3-1-2-4-14(13)19/h5-9,13-14,19H,1-4H2,(H,18,20)/b8-5+/t13-,14-/m1/s1. The van der Waals surface area contributed by atoms with Crippen LogP contribution in [0.1, 0.15) is 31.2 Å². The second kappa shape index (κ2) is 6.99. The van der Waals surface area contributed by atoms with Gasteiger partial charge < -0.3 is 10.4 Å². The smallest absolute Gasteiger partial charge is 0.244 e. The van der Waals surface area contributed by atoms with Crippen LogP contribution in [0.5, 0.6) is 0 Å². The van der Waals surface area contributed by atoms with Crippen molar-refractivity contribution < 1.29 is 14.3 Å². The Balaban J connectivity index is 1.96. The molecule has 1 aromatic rings. The summed E-state index contributed by atoms with van der Waals surface area (Å²) in [4.78, 5) is 11.8. The van der Waals surface area contributed by atoms with E-state index in [4.69, 9.17) is 0 Å². The third-order valence-corrected chi connectivity index (χ3v) is 3.92. The molecule has 0 unspecified atom stereocenters. The minimum atomic E-state index is -0.483. The molecule has 5 heteroatoms. The Hall–Kier alpha value is -1.20. The maximum atomic E-state index is 13.5. The van der Waals surface area contributed by atoms with Gasteiger partial charge in [-0.05, 0) is 37.1 Å². The van der Waals surface area contributed by atoms with Gasteiger partial charge in [-0.3, -0.25) is 4.79 Å². The van der Waals surface area contributed by atoms with Crippen molar-refractivity contribution in [3.63, 3.8) is 0 Å². The van der Waals surface area contributed by atoms with E-state index in [0.29, 0.717) is 5.56 Å². The molecule has 108 valence electrons. The van der Waals surface area contributed by atoms with Gasteiger partial charge in [-0.2, -0.15) is 0 Å². The zero-order valence-electron chi connectivity index (χ0n) is 11.0. The van der Waals surface area contributed by atoms with Gasteiger partial charge in [0.1, 0.15) is 5.82 Å². The molecule has 1 saturated carbocycles. The van der Waals surface area contributed by atoms with Crippen molar-refractivity contribution in [2.75, 3.05) is 0 Å².